The van der Waals surface area contributed by atoms with E-state index in [9.17, 15) is 0 Å². The van der Waals surface area contributed by atoms with Crippen molar-refractivity contribution in [3.63, 3.8) is 0 Å². The number of benzene rings is 18. The first-order valence-electron chi connectivity index (χ1n) is 40.0. The molecule has 0 N–H and O–H groups in total. The van der Waals surface area contributed by atoms with Gasteiger partial charge in [-0.25, -0.2) is 0 Å². The Labute approximate surface area is 668 Å². The van der Waals surface area contributed by atoms with E-state index in [1.54, 1.807) is 0 Å². The van der Waals surface area contributed by atoms with Crippen LogP contribution in [0.15, 0.2) is 322 Å². The monoisotopic (exact) mass is 1490 g/mol. The first-order chi connectivity index (χ1) is 55.0. The van der Waals surface area contributed by atoms with E-state index >= 15 is 0 Å². The van der Waals surface area contributed by atoms with Crippen molar-refractivity contribution in [2.75, 3.05) is 0 Å². The number of aryl methyl sites for hydroxylation is 7. The van der Waals surface area contributed by atoms with Gasteiger partial charge < -0.3 is 0 Å². The number of rotatable bonds is 12. The Morgan fingerprint density at radius 3 is 1.04 bits per heavy atom. The van der Waals surface area contributed by atoms with Crippen LogP contribution in [0.25, 0.3) is 192 Å². The van der Waals surface area contributed by atoms with E-state index < -0.39 is 0 Å². The summed E-state index contributed by atoms with van der Waals surface area (Å²) in [4.78, 5) is 0. The zero-order valence-corrected chi connectivity index (χ0v) is 67.0. The summed E-state index contributed by atoms with van der Waals surface area (Å²) in [7, 11) is 0. The summed E-state index contributed by atoms with van der Waals surface area (Å²) >= 11 is 5.80. The lowest BCUT2D eigenvalue weighted by Gasteiger charge is -2.13. The third-order valence-electron chi connectivity index (χ3n) is 23.2. The molecule has 21 rings (SSSR count). The molecule has 0 amide bonds. The molecular weight excluding hydrogens is 1410 g/mol. The highest BCUT2D eigenvalue weighted by molar-refractivity contribution is 7.27. The second kappa shape index (κ2) is 29.8. The average molecular weight is 1490 g/mol. The Hall–Kier alpha value is -11.8. The standard InChI is InChI=1S/C38H32S.C36H28S.C35H26S/c1-3-9-25-15-20-37-35(21-25)36-23-26(10-4-2)22-34(38(36)39-37)28-18-16-27(17-19-28)33-24-29-11-5-6-12-30(29)31-13-7-8-14-32(31)33;1-3-23-13-18-35-33(19-23)34-21-24(4-2)20-32(36(34)37-35)26-16-14-25(15-17-26)31-22-27-9-5-6-10-28(27)29-11-7-8-12-30(29)31;1-21-15-23(3)34-32(17-21)33-18-22(2)16-31(35(33)36-34)25-11-8-10-24(19-25)30-20-26-9-4-5-12-27(26)28-13-6-7-14-29(28)30/h5-8,11-24H,3-4,9-10H2,1-2H3;5-22H,3-4H2,1-2H3;4-20H,1-3H3. The third kappa shape index (κ3) is 12.9. The molecule has 0 atom stereocenters. The topological polar surface area (TPSA) is 0 Å². The van der Waals surface area contributed by atoms with Crippen LogP contribution in [0.4, 0.5) is 0 Å². The van der Waals surface area contributed by atoms with E-state index in [0.717, 1.165) is 32.1 Å². The molecule has 21 aromatic rings. The van der Waals surface area contributed by atoms with Crippen LogP contribution >= 0.6 is 34.0 Å². The number of thiophene rings is 3. The summed E-state index contributed by atoms with van der Waals surface area (Å²) in [5, 5.41) is 24.0. The largest absolute Gasteiger partial charge is 0.135 e. The molecule has 0 aliphatic carbocycles. The van der Waals surface area contributed by atoms with Crippen molar-refractivity contribution >= 4 is 159 Å². The fourth-order valence-corrected chi connectivity index (χ4v) is 21.5. The summed E-state index contributed by atoms with van der Waals surface area (Å²) < 4.78 is 8.34. The van der Waals surface area contributed by atoms with Crippen molar-refractivity contribution in [1.82, 2.24) is 0 Å². The molecule has 0 spiro atoms. The third-order valence-corrected chi connectivity index (χ3v) is 27.1. The summed E-state index contributed by atoms with van der Waals surface area (Å²) in [6.07, 6.45) is 6.68. The molecule has 0 fully saturated rings. The van der Waals surface area contributed by atoms with Crippen LogP contribution in [0.1, 0.15) is 79.5 Å². The molecule has 0 saturated carbocycles. The highest BCUT2D eigenvalue weighted by Gasteiger charge is 2.20. The Morgan fingerprint density at radius 2 is 0.554 bits per heavy atom. The van der Waals surface area contributed by atoms with Gasteiger partial charge in [0.05, 0.1) is 0 Å². The summed E-state index contributed by atoms with van der Waals surface area (Å²) in [6, 6.07) is 120. The zero-order valence-electron chi connectivity index (χ0n) is 64.6. The number of hydrogen-bond acceptors (Lipinski definition) is 3. The number of fused-ring (bicyclic) bond motifs is 18. The van der Waals surface area contributed by atoms with Crippen LogP contribution in [0, 0.1) is 20.8 Å². The maximum Gasteiger partial charge on any atom is 0.0434 e. The van der Waals surface area contributed by atoms with Crippen molar-refractivity contribution in [3.8, 4) is 66.8 Å². The second-order valence-electron chi connectivity index (χ2n) is 30.7. The molecule has 0 nitrogen and oxygen atoms in total. The quantitative estimate of drug-likeness (QED) is 0.107. The minimum Gasteiger partial charge on any atom is -0.135 e. The van der Waals surface area contributed by atoms with Gasteiger partial charge in [0.2, 0.25) is 0 Å². The maximum atomic E-state index is 2.45. The molecule has 0 unspecified atom stereocenters. The van der Waals surface area contributed by atoms with Crippen molar-refractivity contribution in [3.05, 3.63) is 360 Å². The molecular formula is C109H86S3. The molecule has 112 heavy (non-hydrogen) atoms. The van der Waals surface area contributed by atoms with Crippen LogP contribution in [-0.2, 0) is 25.7 Å². The average Bonchev–Trinajstić information content (AvgIpc) is 1.50. The van der Waals surface area contributed by atoms with Crippen molar-refractivity contribution in [2.24, 2.45) is 0 Å². The second-order valence-corrected chi connectivity index (χ2v) is 33.8. The maximum absolute atomic E-state index is 2.45. The zero-order chi connectivity index (χ0) is 75.7. The van der Waals surface area contributed by atoms with Crippen molar-refractivity contribution in [1.29, 1.82) is 0 Å². The lowest BCUT2D eigenvalue weighted by atomic mass is 9.91. The van der Waals surface area contributed by atoms with Crippen molar-refractivity contribution in [2.45, 2.75) is 87.0 Å². The van der Waals surface area contributed by atoms with Gasteiger partial charge in [-0.1, -0.05) is 277 Å². The number of hydrogen-bond donors (Lipinski definition) is 0. The van der Waals surface area contributed by atoms with Gasteiger partial charge in [0.15, 0.2) is 0 Å². The fraction of sp³-hybridized carbons (Fsp3) is 0.119. The fourth-order valence-electron chi connectivity index (χ4n) is 17.8. The lowest BCUT2D eigenvalue weighted by molar-refractivity contribution is 0.923. The van der Waals surface area contributed by atoms with Crippen LogP contribution in [0.5, 0.6) is 0 Å². The van der Waals surface area contributed by atoms with Crippen LogP contribution in [0.3, 0.4) is 0 Å². The van der Waals surface area contributed by atoms with Gasteiger partial charge in [0.25, 0.3) is 0 Å². The molecule has 3 heteroatoms. The molecule has 0 aliphatic heterocycles. The van der Waals surface area contributed by atoms with Gasteiger partial charge in [-0.05, 0) is 302 Å². The summed E-state index contributed by atoms with van der Waals surface area (Å²) in [5.41, 5.74) is 25.3. The van der Waals surface area contributed by atoms with Crippen molar-refractivity contribution < 1.29 is 0 Å². The Morgan fingerprint density at radius 1 is 0.205 bits per heavy atom. The molecule has 3 aromatic heterocycles. The molecule has 540 valence electrons. The lowest BCUT2D eigenvalue weighted by Crippen LogP contribution is -1.88. The highest BCUT2D eigenvalue weighted by atomic mass is 32.1. The Bertz CT molecular complexity index is 7260. The Kier molecular flexibility index (Phi) is 18.8. The predicted octanol–water partition coefficient (Wildman–Crippen LogP) is 33.0. The SMILES string of the molecule is CCCc1ccc2sc3c(-c4ccc(-c5cc6ccccc6c6ccccc56)cc4)cc(CCC)cc3c2c1.CCc1ccc2sc3c(-c4ccc(-c5cc6ccccc6c6ccccc56)cc4)cc(CC)cc3c2c1.Cc1cc(C)c2sc3c(-c4cccc(-c5cc6ccccc6c6ccccc56)c4)cc(C)cc3c2c1. The predicted molar refractivity (Wildman–Crippen MR) is 497 cm³/mol. The molecule has 18 aromatic carbocycles. The van der Waals surface area contributed by atoms with E-state index in [2.05, 4.69) is 370 Å². The van der Waals surface area contributed by atoms with E-state index in [1.807, 2.05) is 34.0 Å². The minimum absolute atomic E-state index is 1.04. The van der Waals surface area contributed by atoms with Gasteiger partial charge in [0, 0.05) is 60.5 Å². The first-order valence-corrected chi connectivity index (χ1v) is 42.4. The van der Waals surface area contributed by atoms with E-state index in [-0.39, 0.29) is 0 Å². The van der Waals surface area contributed by atoms with Crippen LogP contribution in [-0.4, -0.2) is 0 Å². The molecule has 0 saturated heterocycles. The van der Waals surface area contributed by atoms with E-state index in [4.69, 9.17) is 0 Å². The molecule has 0 aliphatic rings. The molecule has 3 heterocycles. The molecule has 0 bridgehead atoms. The summed E-state index contributed by atoms with van der Waals surface area (Å²) in [5.74, 6) is 0. The van der Waals surface area contributed by atoms with Gasteiger partial charge >= 0.3 is 0 Å². The van der Waals surface area contributed by atoms with Gasteiger partial charge in [-0.3, -0.25) is 0 Å². The van der Waals surface area contributed by atoms with Crippen LogP contribution in [0.2, 0.25) is 0 Å². The molecule has 0 radical (unpaired) electrons. The smallest absolute Gasteiger partial charge is 0.0434 e. The minimum atomic E-state index is 1.04. The van der Waals surface area contributed by atoms with E-state index in [0.29, 0.717) is 0 Å². The highest BCUT2D eigenvalue weighted by Crippen LogP contribution is 2.48. The van der Waals surface area contributed by atoms with Gasteiger partial charge in [-0.2, -0.15) is 0 Å². The summed E-state index contributed by atoms with van der Waals surface area (Å²) in [6.45, 7) is 15.7. The Balaban J connectivity index is 0.000000113. The normalized spacial score (nSPS) is 11.7. The van der Waals surface area contributed by atoms with Gasteiger partial charge in [0.1, 0.15) is 0 Å². The first kappa shape index (κ1) is 70.6. The van der Waals surface area contributed by atoms with Gasteiger partial charge in [-0.15, -0.1) is 34.0 Å². The van der Waals surface area contributed by atoms with Crippen LogP contribution < -0.4 is 0 Å². The van der Waals surface area contributed by atoms with E-state index in [1.165, 1.54) is 237 Å².